The number of hydrogen-bond donors (Lipinski definition) is 1. The minimum absolute atomic E-state index is 0.149. The second-order valence-corrected chi connectivity index (χ2v) is 7.82. The number of hydrogen-bond acceptors (Lipinski definition) is 3. The van der Waals surface area contributed by atoms with Gasteiger partial charge in [-0.2, -0.15) is 11.8 Å². The van der Waals surface area contributed by atoms with Crippen molar-refractivity contribution >= 4 is 52.5 Å². The maximum Gasteiger partial charge on any atom is 0.261 e. The molecule has 0 saturated carbocycles. The Labute approximate surface area is 173 Å². The maximum absolute atomic E-state index is 12.3. The number of amides is 1. The van der Waals surface area contributed by atoms with E-state index in [2.05, 4.69) is 5.32 Å². The summed E-state index contributed by atoms with van der Waals surface area (Å²) in [6.45, 7) is 2.43. The minimum Gasteiger partial charge on any atom is -0.479 e. The van der Waals surface area contributed by atoms with Crippen molar-refractivity contribution in [2.45, 2.75) is 25.2 Å². The largest absolute Gasteiger partial charge is 0.479 e. The maximum atomic E-state index is 12.3. The molecule has 140 valence electrons. The number of thioether (sulfide) groups is 1. The van der Waals surface area contributed by atoms with E-state index >= 15 is 0 Å². The summed E-state index contributed by atoms with van der Waals surface area (Å²) in [5, 5.41) is 4.71. The van der Waals surface area contributed by atoms with E-state index in [1.807, 2.05) is 37.3 Å². The number of benzene rings is 2. The molecule has 0 unspecified atom stereocenters. The van der Waals surface area contributed by atoms with Gasteiger partial charge in [-0.3, -0.25) is 4.79 Å². The molecule has 7 heteroatoms. The summed E-state index contributed by atoms with van der Waals surface area (Å²) in [4.78, 5) is 12.3. The molecule has 2 aromatic carbocycles. The van der Waals surface area contributed by atoms with Gasteiger partial charge in [0.2, 0.25) is 0 Å². The third-order valence-electron chi connectivity index (χ3n) is 3.62. The van der Waals surface area contributed by atoms with E-state index < -0.39 is 6.10 Å². The molecular formula is C19H20Cl3NO2S. The van der Waals surface area contributed by atoms with E-state index in [4.69, 9.17) is 39.5 Å². The van der Waals surface area contributed by atoms with Crippen molar-refractivity contribution in [3.05, 3.63) is 63.1 Å². The van der Waals surface area contributed by atoms with Crippen molar-refractivity contribution in [3.63, 3.8) is 0 Å². The van der Waals surface area contributed by atoms with Gasteiger partial charge < -0.3 is 10.1 Å². The predicted octanol–water partition coefficient (Wildman–Crippen LogP) is 5.85. The monoisotopic (exact) mass is 431 g/mol. The highest BCUT2D eigenvalue weighted by atomic mass is 35.5. The van der Waals surface area contributed by atoms with Gasteiger partial charge in [0.1, 0.15) is 5.75 Å². The zero-order chi connectivity index (χ0) is 18.9. The lowest BCUT2D eigenvalue weighted by Gasteiger charge is -2.18. The number of rotatable bonds is 9. The first-order valence-corrected chi connectivity index (χ1v) is 10.5. The first-order chi connectivity index (χ1) is 12.5. The Balaban J connectivity index is 1.76. The molecule has 0 radical (unpaired) electrons. The predicted molar refractivity (Wildman–Crippen MR) is 112 cm³/mol. The molecule has 0 bridgehead atoms. The second kappa shape index (κ2) is 10.9. The third-order valence-corrected chi connectivity index (χ3v) is 5.63. The van der Waals surface area contributed by atoms with Gasteiger partial charge in [-0.25, -0.2) is 0 Å². The van der Waals surface area contributed by atoms with Gasteiger partial charge in [0.25, 0.3) is 5.91 Å². The number of ether oxygens (including phenoxy) is 1. The van der Waals surface area contributed by atoms with Crippen molar-refractivity contribution in [2.75, 3.05) is 12.3 Å². The molecule has 0 spiro atoms. The fourth-order valence-electron chi connectivity index (χ4n) is 2.22. The SMILES string of the molecule is CC[C@@H](Oc1ccccc1Cl)C(=O)NCCSCc1c(Cl)cccc1Cl. The average Bonchev–Trinajstić information content (AvgIpc) is 2.62. The summed E-state index contributed by atoms with van der Waals surface area (Å²) in [6, 6.07) is 12.6. The smallest absolute Gasteiger partial charge is 0.261 e. The molecule has 2 rings (SSSR count). The van der Waals surface area contributed by atoms with Crippen LogP contribution in [0.5, 0.6) is 5.75 Å². The Morgan fingerprint density at radius 2 is 1.73 bits per heavy atom. The standard InChI is InChI=1S/C19H20Cl3NO2S/c1-2-17(25-18-9-4-3-6-16(18)22)19(24)23-10-11-26-12-13-14(20)7-5-8-15(13)21/h3-9,17H,2,10-12H2,1H3,(H,23,24)/t17-/m1/s1. The van der Waals surface area contributed by atoms with Gasteiger partial charge in [0.15, 0.2) is 6.10 Å². The molecule has 0 saturated heterocycles. The van der Waals surface area contributed by atoms with Gasteiger partial charge in [-0.05, 0) is 36.2 Å². The second-order valence-electron chi connectivity index (χ2n) is 5.49. The molecule has 0 fully saturated rings. The third kappa shape index (κ3) is 6.27. The van der Waals surface area contributed by atoms with Crippen LogP contribution in [0.3, 0.4) is 0 Å². The van der Waals surface area contributed by atoms with E-state index in [0.717, 1.165) is 11.3 Å². The van der Waals surface area contributed by atoms with Crippen LogP contribution in [0.15, 0.2) is 42.5 Å². The fraction of sp³-hybridized carbons (Fsp3) is 0.316. The highest BCUT2D eigenvalue weighted by molar-refractivity contribution is 7.98. The lowest BCUT2D eigenvalue weighted by Crippen LogP contribution is -2.39. The van der Waals surface area contributed by atoms with Crippen LogP contribution in [-0.2, 0) is 10.5 Å². The Morgan fingerprint density at radius 3 is 2.38 bits per heavy atom. The van der Waals surface area contributed by atoms with Gasteiger partial charge in [-0.15, -0.1) is 0 Å². The van der Waals surface area contributed by atoms with Crippen molar-refractivity contribution in [1.82, 2.24) is 5.32 Å². The summed E-state index contributed by atoms with van der Waals surface area (Å²) < 4.78 is 5.73. The van der Waals surface area contributed by atoms with Crippen molar-refractivity contribution in [2.24, 2.45) is 0 Å². The molecule has 3 nitrogen and oxygen atoms in total. The van der Waals surface area contributed by atoms with Crippen LogP contribution in [0.2, 0.25) is 15.1 Å². The summed E-state index contributed by atoms with van der Waals surface area (Å²) >= 11 is 20.0. The Bertz CT molecular complexity index is 722. The van der Waals surface area contributed by atoms with Crippen molar-refractivity contribution in [3.8, 4) is 5.75 Å². The number of halogens is 3. The van der Waals surface area contributed by atoms with Crippen LogP contribution >= 0.6 is 46.6 Å². The van der Waals surface area contributed by atoms with Crippen LogP contribution in [0.4, 0.5) is 0 Å². The normalized spacial score (nSPS) is 11.8. The highest BCUT2D eigenvalue weighted by Gasteiger charge is 2.18. The van der Waals surface area contributed by atoms with E-state index in [1.54, 1.807) is 23.9 Å². The van der Waals surface area contributed by atoms with Crippen molar-refractivity contribution in [1.29, 1.82) is 0 Å². The molecule has 1 N–H and O–H groups in total. The van der Waals surface area contributed by atoms with Crippen LogP contribution in [0, 0.1) is 0 Å². The number of carbonyl (C=O) groups is 1. The lowest BCUT2D eigenvalue weighted by atomic mass is 10.2. The molecule has 1 atom stereocenters. The van der Waals surface area contributed by atoms with Crippen LogP contribution in [0.1, 0.15) is 18.9 Å². The molecular weight excluding hydrogens is 413 g/mol. The van der Waals surface area contributed by atoms with Gasteiger partial charge >= 0.3 is 0 Å². The molecule has 0 heterocycles. The number of para-hydroxylation sites is 1. The lowest BCUT2D eigenvalue weighted by molar-refractivity contribution is -0.127. The van der Waals surface area contributed by atoms with Crippen molar-refractivity contribution < 1.29 is 9.53 Å². The quantitative estimate of drug-likeness (QED) is 0.505. The van der Waals surface area contributed by atoms with E-state index in [1.165, 1.54) is 0 Å². The fourth-order valence-corrected chi connectivity index (χ4v) is 4.00. The van der Waals surface area contributed by atoms with Gasteiger partial charge in [-0.1, -0.05) is 59.9 Å². The van der Waals surface area contributed by atoms with Gasteiger partial charge in [0, 0.05) is 28.1 Å². The van der Waals surface area contributed by atoms with Crippen LogP contribution in [0.25, 0.3) is 0 Å². The highest BCUT2D eigenvalue weighted by Crippen LogP contribution is 2.28. The first kappa shape index (κ1) is 21.2. The molecule has 0 aliphatic heterocycles. The molecule has 26 heavy (non-hydrogen) atoms. The Morgan fingerprint density at radius 1 is 1.08 bits per heavy atom. The summed E-state index contributed by atoms with van der Waals surface area (Å²) in [5.74, 6) is 1.81. The molecule has 0 aliphatic carbocycles. The first-order valence-electron chi connectivity index (χ1n) is 8.22. The molecule has 2 aromatic rings. The van der Waals surface area contributed by atoms with E-state index in [0.29, 0.717) is 39.5 Å². The summed E-state index contributed by atoms with van der Waals surface area (Å²) in [6.07, 6.45) is -0.0164. The molecule has 0 aromatic heterocycles. The van der Waals surface area contributed by atoms with Gasteiger partial charge in [0.05, 0.1) is 5.02 Å². The Hall–Kier alpha value is -1.07. The molecule has 0 aliphatic rings. The molecule has 1 amide bonds. The zero-order valence-electron chi connectivity index (χ0n) is 14.3. The number of nitrogens with one attached hydrogen (secondary N) is 1. The summed E-state index contributed by atoms with van der Waals surface area (Å²) in [5.41, 5.74) is 0.917. The van der Waals surface area contributed by atoms with Crippen LogP contribution < -0.4 is 10.1 Å². The topological polar surface area (TPSA) is 38.3 Å². The van der Waals surface area contributed by atoms with Crippen LogP contribution in [-0.4, -0.2) is 24.3 Å². The zero-order valence-corrected chi connectivity index (χ0v) is 17.4. The Kier molecular flexibility index (Phi) is 8.93. The van der Waals surface area contributed by atoms with E-state index in [9.17, 15) is 4.79 Å². The average molecular weight is 433 g/mol. The summed E-state index contributed by atoms with van der Waals surface area (Å²) in [7, 11) is 0. The number of carbonyl (C=O) groups excluding carboxylic acids is 1. The minimum atomic E-state index is -0.571. The van der Waals surface area contributed by atoms with E-state index in [-0.39, 0.29) is 5.91 Å².